The number of nitrogens with zero attached hydrogens (tertiary/aromatic N) is 3. The van der Waals surface area contributed by atoms with Crippen LogP contribution in [0.1, 0.15) is 16.7 Å². The number of halogens is 4. The van der Waals surface area contributed by atoms with Gasteiger partial charge in [0.15, 0.2) is 23.3 Å². The van der Waals surface area contributed by atoms with Gasteiger partial charge in [0.05, 0.1) is 28.8 Å². The molecule has 0 radical (unpaired) electrons. The van der Waals surface area contributed by atoms with Crippen LogP contribution in [0.5, 0.6) is 0 Å². The number of rotatable bonds is 1. The van der Waals surface area contributed by atoms with E-state index in [1.165, 1.54) is 0 Å². The zero-order valence-corrected chi connectivity index (χ0v) is 10.6. The predicted molar refractivity (Wildman–Crippen MR) is 65.9 cm³/mol. The van der Waals surface area contributed by atoms with Crippen molar-refractivity contribution in [2.24, 2.45) is 0 Å². The minimum atomic E-state index is -1.84. The first-order valence-corrected chi connectivity index (χ1v) is 5.66. The van der Waals surface area contributed by atoms with Crippen LogP contribution in [0.25, 0.3) is 11.1 Å². The summed E-state index contributed by atoms with van der Waals surface area (Å²) in [6.45, 7) is 0. The fraction of sp³-hybridized carbons (Fsp3) is 0. The van der Waals surface area contributed by atoms with Gasteiger partial charge < -0.3 is 0 Å². The Kier molecular flexibility index (Phi) is 3.79. The van der Waals surface area contributed by atoms with Gasteiger partial charge in [-0.1, -0.05) is 6.07 Å². The second-order valence-corrected chi connectivity index (χ2v) is 4.10. The van der Waals surface area contributed by atoms with E-state index in [1.807, 2.05) is 0 Å². The van der Waals surface area contributed by atoms with Gasteiger partial charge in [-0.25, -0.2) is 17.6 Å². The molecule has 2 rings (SSSR count). The lowest BCUT2D eigenvalue weighted by Gasteiger charge is -2.10. The molecule has 3 nitrogen and oxygen atoms in total. The first-order chi connectivity index (χ1) is 10.5. The molecule has 0 heterocycles. The molecule has 7 heteroatoms. The van der Waals surface area contributed by atoms with Crippen LogP contribution in [-0.4, -0.2) is 0 Å². The van der Waals surface area contributed by atoms with Crippen LogP contribution in [0.15, 0.2) is 18.2 Å². The van der Waals surface area contributed by atoms with Crippen molar-refractivity contribution in [3.63, 3.8) is 0 Å². The van der Waals surface area contributed by atoms with E-state index >= 15 is 0 Å². The summed E-state index contributed by atoms with van der Waals surface area (Å²) in [6.07, 6.45) is 0. The molecule has 0 saturated carbocycles. The Labute approximate surface area is 121 Å². The second-order valence-electron chi connectivity index (χ2n) is 4.10. The summed E-state index contributed by atoms with van der Waals surface area (Å²) in [6, 6.07) is 7.53. The van der Waals surface area contributed by atoms with Crippen molar-refractivity contribution in [1.82, 2.24) is 0 Å². The van der Waals surface area contributed by atoms with E-state index in [2.05, 4.69) is 0 Å². The summed E-state index contributed by atoms with van der Waals surface area (Å²) in [4.78, 5) is 0. The highest BCUT2D eigenvalue weighted by molar-refractivity contribution is 5.73. The molecule has 2 aromatic rings. The van der Waals surface area contributed by atoms with E-state index < -0.39 is 40.0 Å². The SMILES string of the molecule is N#Cc1ccc(-c2c(F)c(F)c(C#N)c(F)c2F)c(C#N)c1. The zero-order valence-electron chi connectivity index (χ0n) is 10.6. The van der Waals surface area contributed by atoms with E-state index in [0.717, 1.165) is 24.3 Å². The Morgan fingerprint density at radius 3 is 1.77 bits per heavy atom. The molecule has 0 fully saturated rings. The Bertz CT molecular complexity index is 885. The molecule has 0 bridgehead atoms. The van der Waals surface area contributed by atoms with E-state index in [-0.39, 0.29) is 11.1 Å². The van der Waals surface area contributed by atoms with Crippen molar-refractivity contribution < 1.29 is 17.6 Å². The van der Waals surface area contributed by atoms with Crippen LogP contribution in [0, 0.1) is 57.3 Å². The summed E-state index contributed by atoms with van der Waals surface area (Å²) in [5, 5.41) is 26.2. The van der Waals surface area contributed by atoms with Gasteiger partial charge in [0, 0.05) is 5.56 Å². The van der Waals surface area contributed by atoms with Gasteiger partial charge in [-0.3, -0.25) is 0 Å². The summed E-state index contributed by atoms with van der Waals surface area (Å²) in [5.41, 5.74) is -3.20. The van der Waals surface area contributed by atoms with Crippen molar-refractivity contribution in [3.8, 4) is 29.3 Å². The molecule has 0 saturated heterocycles. The average Bonchev–Trinajstić information content (AvgIpc) is 2.54. The molecule has 0 amide bonds. The fourth-order valence-corrected chi connectivity index (χ4v) is 1.89. The molecule has 0 atom stereocenters. The number of hydrogen-bond donors (Lipinski definition) is 0. The summed E-state index contributed by atoms with van der Waals surface area (Å²) < 4.78 is 55.2. The van der Waals surface area contributed by atoms with Crippen LogP contribution in [-0.2, 0) is 0 Å². The second kappa shape index (κ2) is 5.55. The van der Waals surface area contributed by atoms with E-state index in [4.69, 9.17) is 15.8 Å². The third-order valence-electron chi connectivity index (χ3n) is 2.91. The molecule has 0 aliphatic carbocycles. The molecule has 0 N–H and O–H groups in total. The molecule has 0 aliphatic heterocycles. The van der Waals surface area contributed by atoms with Crippen molar-refractivity contribution in [2.45, 2.75) is 0 Å². The Balaban J connectivity index is 2.90. The van der Waals surface area contributed by atoms with Gasteiger partial charge in [-0.05, 0) is 12.1 Å². The Morgan fingerprint density at radius 2 is 1.32 bits per heavy atom. The maximum Gasteiger partial charge on any atom is 0.180 e. The van der Waals surface area contributed by atoms with Crippen LogP contribution in [0.3, 0.4) is 0 Å². The first kappa shape index (κ1) is 15.0. The Hall–Kier alpha value is -3.37. The number of nitriles is 3. The van der Waals surface area contributed by atoms with Gasteiger partial charge in [-0.2, -0.15) is 15.8 Å². The minimum absolute atomic E-state index is 0.0377. The summed E-state index contributed by atoms with van der Waals surface area (Å²) in [5.74, 6) is -7.25. The molecule has 2 aromatic carbocycles. The normalized spacial score (nSPS) is 9.68. The van der Waals surface area contributed by atoms with Gasteiger partial charge >= 0.3 is 0 Å². The first-order valence-electron chi connectivity index (χ1n) is 5.66. The highest BCUT2D eigenvalue weighted by atomic mass is 19.2. The summed E-state index contributed by atoms with van der Waals surface area (Å²) >= 11 is 0. The molecule has 0 unspecified atom stereocenters. The zero-order chi connectivity index (χ0) is 16.4. The highest BCUT2D eigenvalue weighted by Gasteiger charge is 2.27. The van der Waals surface area contributed by atoms with Crippen molar-refractivity contribution in [3.05, 3.63) is 58.2 Å². The molecule has 0 spiro atoms. The van der Waals surface area contributed by atoms with E-state index in [9.17, 15) is 17.6 Å². The van der Waals surface area contributed by atoms with E-state index in [1.54, 1.807) is 12.1 Å². The molecular weight excluding hydrogens is 298 g/mol. The van der Waals surface area contributed by atoms with Crippen molar-refractivity contribution in [2.75, 3.05) is 0 Å². The van der Waals surface area contributed by atoms with Crippen LogP contribution in [0.4, 0.5) is 17.6 Å². The number of benzene rings is 2. The lowest BCUT2D eigenvalue weighted by molar-refractivity contribution is 0.454. The average molecular weight is 301 g/mol. The largest absolute Gasteiger partial charge is 0.203 e. The molecular formula is C15H3F4N3. The summed E-state index contributed by atoms with van der Waals surface area (Å²) in [7, 11) is 0. The minimum Gasteiger partial charge on any atom is -0.203 e. The predicted octanol–water partition coefficient (Wildman–Crippen LogP) is 3.53. The Morgan fingerprint density at radius 1 is 0.727 bits per heavy atom. The molecule has 22 heavy (non-hydrogen) atoms. The van der Waals surface area contributed by atoms with Crippen molar-refractivity contribution in [1.29, 1.82) is 15.8 Å². The molecule has 0 aromatic heterocycles. The quantitative estimate of drug-likeness (QED) is 0.597. The fourth-order valence-electron chi connectivity index (χ4n) is 1.89. The van der Waals surface area contributed by atoms with Crippen LogP contribution in [0.2, 0.25) is 0 Å². The standard InChI is InChI=1S/C15H3F4N3/c16-12-10(6-22)13(17)15(19)11(14(12)18)9-2-1-7(4-20)3-8(9)5-21/h1-3H. The third-order valence-corrected chi connectivity index (χ3v) is 2.91. The third kappa shape index (κ3) is 2.13. The maximum atomic E-state index is 14.0. The smallest absolute Gasteiger partial charge is 0.180 e. The maximum absolute atomic E-state index is 14.0. The lowest BCUT2D eigenvalue weighted by atomic mass is 9.96. The van der Waals surface area contributed by atoms with Gasteiger partial charge in [-0.15, -0.1) is 0 Å². The molecule has 106 valence electrons. The topological polar surface area (TPSA) is 71.4 Å². The van der Waals surface area contributed by atoms with Gasteiger partial charge in [0.1, 0.15) is 11.6 Å². The van der Waals surface area contributed by atoms with Gasteiger partial charge in [0.25, 0.3) is 0 Å². The van der Waals surface area contributed by atoms with E-state index in [0.29, 0.717) is 0 Å². The van der Waals surface area contributed by atoms with Crippen LogP contribution < -0.4 is 0 Å². The van der Waals surface area contributed by atoms with Crippen molar-refractivity contribution >= 4 is 0 Å². The van der Waals surface area contributed by atoms with Crippen LogP contribution >= 0.6 is 0 Å². The highest BCUT2D eigenvalue weighted by Crippen LogP contribution is 2.34. The molecule has 0 aliphatic rings. The lowest BCUT2D eigenvalue weighted by Crippen LogP contribution is -2.04. The number of hydrogen-bond acceptors (Lipinski definition) is 3. The van der Waals surface area contributed by atoms with Gasteiger partial charge in [0.2, 0.25) is 0 Å². The monoisotopic (exact) mass is 301 g/mol.